The first kappa shape index (κ1) is 16.9. The molecule has 0 fully saturated rings. The molecule has 0 N–H and O–H groups in total. The van der Waals surface area contributed by atoms with Crippen molar-refractivity contribution < 1.29 is 13.6 Å². The summed E-state index contributed by atoms with van der Waals surface area (Å²) in [5, 5.41) is 0.493. The van der Waals surface area contributed by atoms with Crippen LogP contribution in [-0.4, -0.2) is 15.8 Å². The summed E-state index contributed by atoms with van der Waals surface area (Å²) in [6, 6.07) is 6.33. The van der Waals surface area contributed by atoms with Crippen LogP contribution in [-0.2, 0) is 6.42 Å². The maximum absolute atomic E-state index is 15.0. The van der Waals surface area contributed by atoms with Gasteiger partial charge in [-0.2, -0.15) is 0 Å². The number of Topliss-reactive ketones (excluding diaryl/α,β-unsaturated/α-hetero) is 1. The molecule has 24 heavy (non-hydrogen) atoms. The van der Waals surface area contributed by atoms with Gasteiger partial charge in [0, 0.05) is 32.2 Å². The zero-order valence-corrected chi connectivity index (χ0v) is 15.2. The van der Waals surface area contributed by atoms with E-state index in [0.29, 0.717) is 16.6 Å². The molecule has 6 heteroatoms. The maximum atomic E-state index is 15.0. The molecular formula is C18H13F2IN2O. The average molecular weight is 438 g/mol. The van der Waals surface area contributed by atoms with Gasteiger partial charge >= 0.3 is 0 Å². The molecule has 122 valence electrons. The predicted molar refractivity (Wildman–Crippen MR) is 96.2 cm³/mol. The minimum atomic E-state index is -0.596. The first-order valence-corrected chi connectivity index (χ1v) is 8.34. The van der Waals surface area contributed by atoms with Crippen LogP contribution in [0.2, 0.25) is 0 Å². The molecule has 3 aromatic rings. The summed E-state index contributed by atoms with van der Waals surface area (Å²) >= 11 is 2.01. The lowest BCUT2D eigenvalue weighted by Gasteiger charge is -2.13. The molecule has 0 amide bonds. The molecule has 0 aliphatic heterocycles. The van der Waals surface area contributed by atoms with Crippen molar-refractivity contribution in [1.29, 1.82) is 0 Å². The second kappa shape index (κ2) is 6.51. The minimum Gasteiger partial charge on any atom is -0.294 e. The number of aryl methyl sites for hydroxylation is 1. The highest BCUT2D eigenvalue weighted by molar-refractivity contribution is 14.1. The van der Waals surface area contributed by atoms with Gasteiger partial charge in [0.25, 0.3) is 0 Å². The van der Waals surface area contributed by atoms with Crippen LogP contribution in [0.1, 0.15) is 34.1 Å². The van der Waals surface area contributed by atoms with Crippen LogP contribution >= 0.6 is 22.6 Å². The van der Waals surface area contributed by atoms with Gasteiger partial charge in [-0.15, -0.1) is 0 Å². The van der Waals surface area contributed by atoms with Crippen molar-refractivity contribution in [2.45, 2.75) is 20.3 Å². The molecule has 1 aromatic heterocycles. The first-order chi connectivity index (χ1) is 11.4. The highest BCUT2D eigenvalue weighted by atomic mass is 127. The van der Waals surface area contributed by atoms with Gasteiger partial charge < -0.3 is 0 Å². The second-order valence-corrected chi connectivity index (χ2v) is 6.79. The van der Waals surface area contributed by atoms with E-state index in [0.717, 1.165) is 3.57 Å². The van der Waals surface area contributed by atoms with Crippen molar-refractivity contribution >= 4 is 39.3 Å². The second-order valence-electron chi connectivity index (χ2n) is 5.54. The van der Waals surface area contributed by atoms with Gasteiger partial charge in [-0.05, 0) is 60.2 Å². The Morgan fingerprint density at radius 3 is 2.62 bits per heavy atom. The third kappa shape index (κ3) is 3.02. The van der Waals surface area contributed by atoms with Gasteiger partial charge in [-0.3, -0.25) is 4.79 Å². The minimum absolute atomic E-state index is 0.0114. The van der Waals surface area contributed by atoms with Crippen LogP contribution < -0.4 is 0 Å². The largest absolute Gasteiger partial charge is 0.294 e. The molecular weight excluding hydrogens is 425 g/mol. The number of nitrogens with zero attached hydrogens (tertiary/aromatic N) is 2. The molecule has 0 bridgehead atoms. The average Bonchev–Trinajstić information content (AvgIpc) is 2.52. The summed E-state index contributed by atoms with van der Waals surface area (Å²) in [5.74, 6) is -1.30. The Morgan fingerprint density at radius 1 is 1.21 bits per heavy atom. The fourth-order valence-corrected chi connectivity index (χ4v) is 3.12. The van der Waals surface area contributed by atoms with E-state index < -0.39 is 11.6 Å². The molecule has 0 aliphatic rings. The molecule has 1 heterocycles. The Hall–Kier alpha value is -1.96. The van der Waals surface area contributed by atoms with Gasteiger partial charge in [0.1, 0.15) is 17.7 Å². The highest BCUT2D eigenvalue weighted by Crippen LogP contribution is 2.28. The Bertz CT molecular complexity index is 973. The van der Waals surface area contributed by atoms with Crippen LogP contribution in [0.4, 0.5) is 8.78 Å². The highest BCUT2D eigenvalue weighted by Gasteiger charge is 2.20. The van der Waals surface area contributed by atoms with Crippen LogP contribution in [0.25, 0.3) is 10.9 Å². The van der Waals surface area contributed by atoms with Gasteiger partial charge in [-0.25, -0.2) is 18.7 Å². The summed E-state index contributed by atoms with van der Waals surface area (Å²) < 4.78 is 29.9. The molecule has 0 saturated carbocycles. The smallest absolute Gasteiger partial charge is 0.160 e. The molecule has 3 nitrogen and oxygen atoms in total. The predicted octanol–water partition coefficient (Wildman–Crippen LogP) is 4.61. The van der Waals surface area contributed by atoms with E-state index in [1.165, 1.54) is 19.3 Å². The fraction of sp³-hybridized carbons (Fsp3) is 0.167. The summed E-state index contributed by atoms with van der Waals surface area (Å²) in [6.45, 7) is 3.10. The van der Waals surface area contributed by atoms with E-state index in [9.17, 15) is 9.18 Å². The van der Waals surface area contributed by atoms with Gasteiger partial charge in [0.15, 0.2) is 11.6 Å². The lowest BCUT2D eigenvalue weighted by Crippen LogP contribution is -2.07. The summed E-state index contributed by atoms with van der Waals surface area (Å²) in [6.07, 6.45) is 1.27. The van der Waals surface area contributed by atoms with E-state index in [-0.39, 0.29) is 28.8 Å². The Labute approximate surface area is 151 Å². The van der Waals surface area contributed by atoms with Crippen LogP contribution in [0, 0.1) is 22.1 Å². The topological polar surface area (TPSA) is 42.9 Å². The van der Waals surface area contributed by atoms with Gasteiger partial charge in [0.05, 0.1) is 0 Å². The number of carbonyl (C=O) groups is 1. The van der Waals surface area contributed by atoms with E-state index in [1.807, 2.05) is 22.6 Å². The number of hydrogen-bond acceptors (Lipinski definition) is 3. The zero-order valence-electron chi connectivity index (χ0n) is 13.0. The van der Waals surface area contributed by atoms with Crippen LogP contribution in [0.15, 0.2) is 30.6 Å². The van der Waals surface area contributed by atoms with Crippen LogP contribution in [0.3, 0.4) is 0 Å². The third-order valence-corrected chi connectivity index (χ3v) is 4.60. The van der Waals surface area contributed by atoms with E-state index in [2.05, 4.69) is 9.97 Å². The first-order valence-electron chi connectivity index (χ1n) is 7.26. The number of aromatic nitrogens is 2. The molecule has 0 aliphatic carbocycles. The summed E-state index contributed by atoms with van der Waals surface area (Å²) in [7, 11) is 0. The van der Waals surface area contributed by atoms with Crippen molar-refractivity contribution in [3.05, 3.63) is 68.2 Å². The lowest BCUT2D eigenvalue weighted by atomic mass is 9.94. The number of benzene rings is 2. The van der Waals surface area contributed by atoms with Crippen molar-refractivity contribution in [3.8, 4) is 0 Å². The number of fused-ring (bicyclic) bond motifs is 1. The van der Waals surface area contributed by atoms with E-state index >= 15 is 4.39 Å². The molecule has 3 rings (SSSR count). The standard InChI is InChI=1S/C18H13F2IN2O/c1-9-13-7-14(10(2)24)15(17(20)18(13)23-8-22-9)5-11-3-4-12(21)6-16(11)19/h3-4,6-8H,5H2,1-2H3. The monoisotopic (exact) mass is 438 g/mol. The van der Waals surface area contributed by atoms with Crippen molar-refractivity contribution in [1.82, 2.24) is 9.97 Å². The third-order valence-electron chi connectivity index (χ3n) is 3.93. The number of hydrogen-bond donors (Lipinski definition) is 0. The lowest BCUT2D eigenvalue weighted by molar-refractivity contribution is 0.101. The van der Waals surface area contributed by atoms with Crippen molar-refractivity contribution in [2.75, 3.05) is 0 Å². The van der Waals surface area contributed by atoms with Gasteiger partial charge in [-0.1, -0.05) is 6.07 Å². The zero-order chi connectivity index (χ0) is 17.4. The molecule has 0 radical (unpaired) electrons. The Kier molecular flexibility index (Phi) is 4.58. The normalized spacial score (nSPS) is 11.0. The fourth-order valence-electron chi connectivity index (χ4n) is 2.67. The van der Waals surface area contributed by atoms with Gasteiger partial charge in [0.2, 0.25) is 0 Å². The molecule has 0 atom stereocenters. The quantitative estimate of drug-likeness (QED) is 0.443. The van der Waals surface area contributed by atoms with E-state index in [4.69, 9.17) is 0 Å². The molecule has 0 spiro atoms. The Balaban J connectivity index is 2.24. The summed E-state index contributed by atoms with van der Waals surface area (Å²) in [5.41, 5.74) is 1.47. The molecule has 0 unspecified atom stereocenters. The summed E-state index contributed by atoms with van der Waals surface area (Å²) in [4.78, 5) is 20.0. The number of ketones is 1. The number of halogens is 3. The maximum Gasteiger partial charge on any atom is 0.160 e. The van der Waals surface area contributed by atoms with Crippen LogP contribution in [0.5, 0.6) is 0 Å². The Morgan fingerprint density at radius 2 is 1.96 bits per heavy atom. The van der Waals surface area contributed by atoms with Crippen molar-refractivity contribution in [3.63, 3.8) is 0 Å². The van der Waals surface area contributed by atoms with Crippen molar-refractivity contribution in [2.24, 2.45) is 0 Å². The number of rotatable bonds is 3. The van der Waals surface area contributed by atoms with E-state index in [1.54, 1.807) is 25.1 Å². The molecule has 0 saturated heterocycles. The SMILES string of the molecule is CC(=O)c1cc2c(C)ncnc2c(F)c1Cc1ccc(I)cc1F. The molecule has 2 aromatic carbocycles. The number of carbonyl (C=O) groups excluding carboxylic acids is 1.